The molecule has 1 aliphatic rings. The fourth-order valence-corrected chi connectivity index (χ4v) is 2.03. The maximum atomic E-state index is 12.1. The molecule has 2 rings (SSSR count). The number of hydrogen-bond donors (Lipinski definition) is 1. The summed E-state index contributed by atoms with van der Waals surface area (Å²) in [7, 11) is 1.80. The Morgan fingerprint density at radius 1 is 1.35 bits per heavy atom. The van der Waals surface area contributed by atoms with E-state index in [1.807, 2.05) is 31.2 Å². The standard InChI is InChI=1S/C14H19NO2/c1-11-3-5-12(6-4-11)9-15(2)13(17)14(10-16)7-8-14/h3-6,16H,7-10H2,1-2H3. The normalized spacial score (nSPS) is 16.6. The van der Waals surface area contributed by atoms with Crippen LogP contribution in [0.3, 0.4) is 0 Å². The highest BCUT2D eigenvalue weighted by molar-refractivity contribution is 5.85. The predicted molar refractivity (Wildman–Crippen MR) is 66.4 cm³/mol. The van der Waals surface area contributed by atoms with Crippen LogP contribution in [0.25, 0.3) is 0 Å². The molecule has 0 spiro atoms. The second-order valence-corrected chi connectivity index (χ2v) is 5.09. The Morgan fingerprint density at radius 3 is 2.41 bits per heavy atom. The zero-order valence-corrected chi connectivity index (χ0v) is 10.4. The first-order chi connectivity index (χ1) is 8.07. The SMILES string of the molecule is Cc1ccc(CN(C)C(=O)C2(CO)CC2)cc1. The van der Waals surface area contributed by atoms with Crippen LogP contribution >= 0.6 is 0 Å². The largest absolute Gasteiger partial charge is 0.395 e. The van der Waals surface area contributed by atoms with Crippen LogP contribution in [0, 0.1) is 12.3 Å². The van der Waals surface area contributed by atoms with Crippen molar-refractivity contribution in [2.45, 2.75) is 26.3 Å². The zero-order chi connectivity index (χ0) is 12.5. The highest BCUT2D eigenvalue weighted by Crippen LogP contribution is 2.46. The van der Waals surface area contributed by atoms with Crippen molar-refractivity contribution in [2.75, 3.05) is 13.7 Å². The predicted octanol–water partition coefficient (Wildman–Crippen LogP) is 1.73. The minimum Gasteiger partial charge on any atom is -0.395 e. The summed E-state index contributed by atoms with van der Waals surface area (Å²) in [6, 6.07) is 8.18. The Balaban J connectivity index is 1.99. The first kappa shape index (κ1) is 12.1. The molecule has 0 saturated heterocycles. The molecule has 0 heterocycles. The van der Waals surface area contributed by atoms with Crippen LogP contribution < -0.4 is 0 Å². The monoisotopic (exact) mass is 233 g/mol. The lowest BCUT2D eigenvalue weighted by atomic mass is 10.1. The minimum absolute atomic E-state index is 0.0237. The quantitative estimate of drug-likeness (QED) is 0.860. The summed E-state index contributed by atoms with van der Waals surface area (Å²) < 4.78 is 0. The summed E-state index contributed by atoms with van der Waals surface area (Å²) in [5.41, 5.74) is 1.89. The number of aliphatic hydroxyl groups is 1. The van der Waals surface area contributed by atoms with Crippen LogP contribution in [-0.4, -0.2) is 29.6 Å². The molecular weight excluding hydrogens is 214 g/mol. The van der Waals surface area contributed by atoms with Gasteiger partial charge in [0.25, 0.3) is 0 Å². The van der Waals surface area contributed by atoms with E-state index in [1.165, 1.54) is 5.56 Å². The average Bonchev–Trinajstić information content (AvgIpc) is 3.12. The third-order valence-corrected chi connectivity index (χ3v) is 3.50. The molecule has 3 heteroatoms. The van der Waals surface area contributed by atoms with Gasteiger partial charge in [-0.1, -0.05) is 29.8 Å². The van der Waals surface area contributed by atoms with Crippen LogP contribution in [-0.2, 0) is 11.3 Å². The van der Waals surface area contributed by atoms with Gasteiger partial charge in [-0.2, -0.15) is 0 Å². The number of aliphatic hydroxyl groups excluding tert-OH is 1. The third-order valence-electron chi connectivity index (χ3n) is 3.50. The van der Waals surface area contributed by atoms with Crippen molar-refractivity contribution in [2.24, 2.45) is 5.41 Å². The van der Waals surface area contributed by atoms with E-state index < -0.39 is 5.41 Å². The van der Waals surface area contributed by atoms with Gasteiger partial charge in [0.2, 0.25) is 5.91 Å². The number of rotatable bonds is 4. The molecule has 1 aliphatic carbocycles. The van der Waals surface area contributed by atoms with E-state index in [9.17, 15) is 9.90 Å². The summed E-state index contributed by atoms with van der Waals surface area (Å²) in [4.78, 5) is 13.8. The van der Waals surface area contributed by atoms with Crippen LogP contribution in [0.1, 0.15) is 24.0 Å². The molecule has 0 radical (unpaired) electrons. The fraction of sp³-hybridized carbons (Fsp3) is 0.500. The Kier molecular flexibility index (Phi) is 3.20. The van der Waals surface area contributed by atoms with Crippen molar-refractivity contribution < 1.29 is 9.90 Å². The highest BCUT2D eigenvalue weighted by atomic mass is 16.3. The van der Waals surface area contributed by atoms with E-state index >= 15 is 0 Å². The second-order valence-electron chi connectivity index (χ2n) is 5.09. The molecule has 1 fully saturated rings. The van der Waals surface area contributed by atoms with E-state index in [0.29, 0.717) is 6.54 Å². The smallest absolute Gasteiger partial charge is 0.231 e. The summed E-state index contributed by atoms with van der Waals surface area (Å²) >= 11 is 0. The van der Waals surface area contributed by atoms with Gasteiger partial charge in [0.15, 0.2) is 0 Å². The van der Waals surface area contributed by atoms with E-state index in [0.717, 1.165) is 18.4 Å². The van der Waals surface area contributed by atoms with Gasteiger partial charge in [-0.25, -0.2) is 0 Å². The lowest BCUT2D eigenvalue weighted by Crippen LogP contribution is -2.35. The van der Waals surface area contributed by atoms with Gasteiger partial charge in [-0.15, -0.1) is 0 Å². The number of carbonyl (C=O) groups is 1. The molecule has 3 nitrogen and oxygen atoms in total. The first-order valence-electron chi connectivity index (χ1n) is 5.99. The van der Waals surface area contributed by atoms with E-state index in [2.05, 4.69) is 0 Å². The minimum atomic E-state index is -0.459. The van der Waals surface area contributed by atoms with Gasteiger partial charge >= 0.3 is 0 Å². The fourth-order valence-electron chi connectivity index (χ4n) is 2.03. The molecule has 1 amide bonds. The first-order valence-corrected chi connectivity index (χ1v) is 5.99. The van der Waals surface area contributed by atoms with Gasteiger partial charge in [0.1, 0.15) is 0 Å². The van der Waals surface area contributed by atoms with E-state index in [4.69, 9.17) is 0 Å². The molecule has 1 aromatic rings. The third kappa shape index (κ3) is 2.50. The molecule has 92 valence electrons. The molecule has 0 aromatic heterocycles. The Hall–Kier alpha value is -1.35. The van der Waals surface area contributed by atoms with Crippen molar-refractivity contribution in [3.63, 3.8) is 0 Å². The van der Waals surface area contributed by atoms with Crippen LogP contribution in [0.5, 0.6) is 0 Å². The molecule has 0 bridgehead atoms. The number of amides is 1. The molecule has 1 N–H and O–H groups in total. The average molecular weight is 233 g/mol. The summed E-state index contributed by atoms with van der Waals surface area (Å²) in [5, 5.41) is 9.23. The van der Waals surface area contributed by atoms with Crippen LogP contribution in [0.15, 0.2) is 24.3 Å². The van der Waals surface area contributed by atoms with Gasteiger partial charge in [0, 0.05) is 13.6 Å². The summed E-state index contributed by atoms with van der Waals surface area (Å²) in [6.07, 6.45) is 1.64. The second kappa shape index (κ2) is 4.49. The molecule has 17 heavy (non-hydrogen) atoms. The van der Waals surface area contributed by atoms with Crippen molar-refractivity contribution >= 4 is 5.91 Å². The lowest BCUT2D eigenvalue weighted by molar-refractivity contribution is -0.137. The van der Waals surface area contributed by atoms with Gasteiger partial charge in [-0.05, 0) is 25.3 Å². The molecular formula is C14H19NO2. The summed E-state index contributed by atoms with van der Waals surface area (Å²) in [5.74, 6) is 0.0700. The lowest BCUT2D eigenvalue weighted by Gasteiger charge is -2.22. The Labute approximate surface area is 102 Å². The number of aryl methyl sites for hydroxylation is 1. The number of carbonyl (C=O) groups excluding carboxylic acids is 1. The highest BCUT2D eigenvalue weighted by Gasteiger charge is 2.50. The molecule has 0 atom stereocenters. The van der Waals surface area contributed by atoms with Gasteiger partial charge in [-0.3, -0.25) is 4.79 Å². The molecule has 1 saturated carbocycles. The van der Waals surface area contributed by atoms with Crippen LogP contribution in [0.2, 0.25) is 0 Å². The molecule has 1 aromatic carbocycles. The summed E-state index contributed by atoms with van der Waals surface area (Å²) in [6.45, 7) is 2.63. The van der Waals surface area contributed by atoms with Crippen molar-refractivity contribution in [3.05, 3.63) is 35.4 Å². The maximum absolute atomic E-state index is 12.1. The van der Waals surface area contributed by atoms with Gasteiger partial charge in [0.05, 0.1) is 12.0 Å². The Bertz CT molecular complexity index is 407. The molecule has 0 unspecified atom stereocenters. The zero-order valence-electron chi connectivity index (χ0n) is 10.4. The van der Waals surface area contributed by atoms with Crippen molar-refractivity contribution in [1.29, 1.82) is 0 Å². The Morgan fingerprint density at radius 2 is 1.94 bits per heavy atom. The van der Waals surface area contributed by atoms with Crippen molar-refractivity contribution in [3.8, 4) is 0 Å². The molecule has 0 aliphatic heterocycles. The topological polar surface area (TPSA) is 40.5 Å². The van der Waals surface area contributed by atoms with E-state index in [1.54, 1.807) is 11.9 Å². The van der Waals surface area contributed by atoms with Gasteiger partial charge < -0.3 is 10.0 Å². The number of nitrogens with zero attached hydrogens (tertiary/aromatic N) is 1. The number of benzene rings is 1. The van der Waals surface area contributed by atoms with Crippen molar-refractivity contribution in [1.82, 2.24) is 4.90 Å². The van der Waals surface area contributed by atoms with E-state index in [-0.39, 0.29) is 12.5 Å². The maximum Gasteiger partial charge on any atom is 0.231 e. The number of hydrogen-bond acceptors (Lipinski definition) is 2. The van der Waals surface area contributed by atoms with Crippen LogP contribution in [0.4, 0.5) is 0 Å².